The van der Waals surface area contributed by atoms with E-state index in [9.17, 15) is 4.79 Å². The topological polar surface area (TPSA) is 56.8 Å². The number of methoxy groups -OCH3 is 2. The molecule has 1 spiro atoms. The number of ether oxygens (including phenoxy) is 3. The molecule has 1 heterocycles. The summed E-state index contributed by atoms with van der Waals surface area (Å²) in [4.78, 5) is 12.5. The molecular formula is C23H25NO4. The van der Waals surface area contributed by atoms with Crippen LogP contribution in [0.1, 0.15) is 36.8 Å². The number of amides is 1. The molecule has 1 amide bonds. The number of allylic oxidation sites excluding steroid dienone is 2. The third-order valence-corrected chi connectivity index (χ3v) is 7.44. The molecule has 2 bridgehead atoms. The fourth-order valence-electron chi connectivity index (χ4n) is 6.03. The van der Waals surface area contributed by atoms with Crippen molar-refractivity contribution < 1.29 is 19.0 Å². The highest BCUT2D eigenvalue weighted by Gasteiger charge is 2.62. The second kappa shape index (κ2) is 5.56. The van der Waals surface area contributed by atoms with Gasteiger partial charge in [0.15, 0.2) is 17.6 Å². The first-order valence-corrected chi connectivity index (χ1v) is 10.3. The molecule has 0 saturated heterocycles. The summed E-state index contributed by atoms with van der Waals surface area (Å²) in [7, 11) is 3.41. The van der Waals surface area contributed by atoms with E-state index in [1.54, 1.807) is 14.2 Å². The van der Waals surface area contributed by atoms with Gasteiger partial charge in [0.2, 0.25) is 5.91 Å². The minimum atomic E-state index is -0.191. The molecule has 1 aliphatic heterocycles. The Morgan fingerprint density at radius 2 is 2.04 bits per heavy atom. The molecule has 5 nitrogen and oxygen atoms in total. The van der Waals surface area contributed by atoms with Gasteiger partial charge in [-0.25, -0.2) is 0 Å². The fraction of sp³-hybridized carbons (Fsp3) is 0.522. The van der Waals surface area contributed by atoms with E-state index in [0.717, 1.165) is 49.4 Å². The standard InChI is InChI=1S/C23H25NO4/c1-26-17-7-5-13-11-14-15-6-8-18(27-2)21-23(15,19(13)20(17)28-21)10-9-16(14)24-22(25)12-3-4-12/h5-8,12,14,16,21H,3-4,9-11H2,1-2H3,(H,24,25)/t14-,16?,21+,23+/m1/s1. The Labute approximate surface area is 164 Å². The first-order chi connectivity index (χ1) is 13.7. The molecule has 1 unspecified atom stereocenters. The molecule has 4 aliphatic carbocycles. The van der Waals surface area contributed by atoms with Crippen LogP contribution in [0.5, 0.6) is 11.5 Å². The van der Waals surface area contributed by atoms with E-state index in [1.165, 1.54) is 16.7 Å². The summed E-state index contributed by atoms with van der Waals surface area (Å²) in [6, 6.07) is 4.40. The van der Waals surface area contributed by atoms with Crippen molar-refractivity contribution in [2.75, 3.05) is 14.2 Å². The average Bonchev–Trinajstić information content (AvgIpc) is 3.50. The highest BCUT2D eigenvalue weighted by Crippen LogP contribution is 2.64. The lowest BCUT2D eigenvalue weighted by Gasteiger charge is -2.52. The number of benzene rings is 1. The molecule has 4 atom stereocenters. The zero-order valence-electron chi connectivity index (χ0n) is 16.3. The molecule has 146 valence electrons. The lowest BCUT2D eigenvalue weighted by molar-refractivity contribution is -0.123. The summed E-state index contributed by atoms with van der Waals surface area (Å²) in [5.74, 6) is 3.33. The van der Waals surface area contributed by atoms with Crippen LogP contribution in [0.2, 0.25) is 0 Å². The maximum Gasteiger partial charge on any atom is 0.223 e. The van der Waals surface area contributed by atoms with Crippen LogP contribution in [0.15, 0.2) is 35.6 Å². The van der Waals surface area contributed by atoms with Crippen LogP contribution in [0, 0.1) is 11.8 Å². The third-order valence-electron chi connectivity index (χ3n) is 7.44. The number of nitrogens with one attached hydrogen (secondary N) is 1. The molecule has 1 aromatic carbocycles. The van der Waals surface area contributed by atoms with Crippen molar-refractivity contribution in [1.82, 2.24) is 5.32 Å². The van der Waals surface area contributed by atoms with Crippen molar-refractivity contribution in [2.24, 2.45) is 11.8 Å². The highest BCUT2D eigenvalue weighted by atomic mass is 16.6. The summed E-state index contributed by atoms with van der Waals surface area (Å²) < 4.78 is 17.9. The zero-order chi connectivity index (χ0) is 19.0. The van der Waals surface area contributed by atoms with E-state index in [4.69, 9.17) is 14.2 Å². The number of carbonyl (C=O) groups is 1. The lowest BCUT2D eigenvalue weighted by atomic mass is 9.52. The van der Waals surface area contributed by atoms with E-state index in [2.05, 4.69) is 23.5 Å². The van der Waals surface area contributed by atoms with Crippen LogP contribution in [0.25, 0.3) is 0 Å². The number of hydrogen-bond acceptors (Lipinski definition) is 4. The molecule has 2 fully saturated rings. The molecule has 0 radical (unpaired) electrons. The second-order valence-corrected chi connectivity index (χ2v) is 8.73. The summed E-state index contributed by atoms with van der Waals surface area (Å²) in [5.41, 5.74) is 3.81. The van der Waals surface area contributed by atoms with E-state index in [0.29, 0.717) is 5.92 Å². The van der Waals surface area contributed by atoms with Crippen molar-refractivity contribution >= 4 is 5.91 Å². The Hall–Kier alpha value is -2.43. The predicted molar refractivity (Wildman–Crippen MR) is 103 cm³/mol. The predicted octanol–water partition coefficient (Wildman–Crippen LogP) is 3.03. The van der Waals surface area contributed by atoms with Crippen LogP contribution in [0.4, 0.5) is 0 Å². The minimum Gasteiger partial charge on any atom is -0.497 e. The van der Waals surface area contributed by atoms with Gasteiger partial charge < -0.3 is 19.5 Å². The Balaban J connectivity index is 1.50. The Kier molecular flexibility index (Phi) is 3.28. The van der Waals surface area contributed by atoms with Gasteiger partial charge in [0.05, 0.1) is 19.6 Å². The molecule has 2 saturated carbocycles. The van der Waals surface area contributed by atoms with Gasteiger partial charge in [0.1, 0.15) is 5.76 Å². The second-order valence-electron chi connectivity index (χ2n) is 8.73. The fourth-order valence-corrected chi connectivity index (χ4v) is 6.03. The first-order valence-electron chi connectivity index (χ1n) is 10.3. The van der Waals surface area contributed by atoms with Gasteiger partial charge in [-0.15, -0.1) is 0 Å². The largest absolute Gasteiger partial charge is 0.497 e. The van der Waals surface area contributed by atoms with Crippen molar-refractivity contribution in [3.63, 3.8) is 0 Å². The lowest BCUT2D eigenvalue weighted by Crippen LogP contribution is -2.57. The van der Waals surface area contributed by atoms with Gasteiger partial charge in [0.25, 0.3) is 0 Å². The average molecular weight is 379 g/mol. The smallest absolute Gasteiger partial charge is 0.223 e. The Morgan fingerprint density at radius 3 is 2.79 bits per heavy atom. The first kappa shape index (κ1) is 16.5. The quantitative estimate of drug-likeness (QED) is 0.874. The van der Waals surface area contributed by atoms with Crippen LogP contribution >= 0.6 is 0 Å². The summed E-state index contributed by atoms with van der Waals surface area (Å²) in [5, 5.41) is 3.38. The van der Waals surface area contributed by atoms with Crippen LogP contribution < -0.4 is 14.8 Å². The minimum absolute atomic E-state index is 0.148. The zero-order valence-corrected chi connectivity index (χ0v) is 16.3. The maximum absolute atomic E-state index is 12.5. The van der Waals surface area contributed by atoms with E-state index in [-0.39, 0.29) is 29.4 Å². The van der Waals surface area contributed by atoms with Gasteiger partial charge in [0, 0.05) is 23.4 Å². The summed E-state index contributed by atoms with van der Waals surface area (Å²) >= 11 is 0. The summed E-state index contributed by atoms with van der Waals surface area (Å²) in [6.45, 7) is 0. The molecular weight excluding hydrogens is 354 g/mol. The molecule has 0 aromatic heterocycles. The maximum atomic E-state index is 12.5. The number of carbonyl (C=O) groups excluding carboxylic acids is 1. The molecule has 28 heavy (non-hydrogen) atoms. The SMILES string of the molecule is COC1=CC=C2[C@H]3Cc4ccc(OC)c5c4[C@@]2(CCC3NC(=O)C2CC2)[C@H]1O5. The van der Waals surface area contributed by atoms with E-state index < -0.39 is 0 Å². The monoisotopic (exact) mass is 379 g/mol. The molecule has 5 heteroatoms. The van der Waals surface area contributed by atoms with Gasteiger partial charge in [-0.2, -0.15) is 0 Å². The van der Waals surface area contributed by atoms with Crippen LogP contribution in [0.3, 0.4) is 0 Å². The van der Waals surface area contributed by atoms with Crippen LogP contribution in [-0.2, 0) is 21.4 Å². The summed E-state index contributed by atoms with van der Waals surface area (Å²) in [6.07, 6.45) is 9.06. The van der Waals surface area contributed by atoms with Gasteiger partial charge >= 0.3 is 0 Å². The van der Waals surface area contributed by atoms with Gasteiger partial charge in [-0.1, -0.05) is 12.1 Å². The molecule has 1 N–H and O–H groups in total. The van der Waals surface area contributed by atoms with Crippen molar-refractivity contribution in [3.05, 3.63) is 46.7 Å². The third kappa shape index (κ3) is 1.94. The van der Waals surface area contributed by atoms with Gasteiger partial charge in [-0.3, -0.25) is 4.79 Å². The van der Waals surface area contributed by atoms with E-state index >= 15 is 0 Å². The van der Waals surface area contributed by atoms with Crippen molar-refractivity contribution in [3.8, 4) is 11.5 Å². The van der Waals surface area contributed by atoms with Crippen LogP contribution in [-0.4, -0.2) is 32.3 Å². The van der Waals surface area contributed by atoms with Crippen molar-refractivity contribution in [1.29, 1.82) is 0 Å². The Bertz CT molecular complexity index is 944. The van der Waals surface area contributed by atoms with E-state index in [1.807, 2.05) is 6.07 Å². The normalized spacial score (nSPS) is 33.9. The Morgan fingerprint density at radius 1 is 1.18 bits per heavy atom. The number of hydrogen-bond donors (Lipinski definition) is 1. The van der Waals surface area contributed by atoms with Gasteiger partial charge in [-0.05, 0) is 55.4 Å². The molecule has 1 aromatic rings. The molecule has 6 rings (SSSR count). The van der Waals surface area contributed by atoms with Crippen molar-refractivity contribution in [2.45, 2.75) is 49.7 Å². The highest BCUT2D eigenvalue weighted by molar-refractivity contribution is 5.81. The molecule has 5 aliphatic rings. The number of rotatable bonds is 4.